The van der Waals surface area contributed by atoms with Gasteiger partial charge in [0.1, 0.15) is 12.1 Å². The molecule has 0 saturated heterocycles. The molecule has 2 aromatic heterocycles. The van der Waals surface area contributed by atoms with Crippen molar-refractivity contribution in [1.29, 1.82) is 0 Å². The highest BCUT2D eigenvalue weighted by molar-refractivity contribution is 7.10. The molecule has 5 nitrogen and oxygen atoms in total. The van der Waals surface area contributed by atoms with Crippen molar-refractivity contribution in [2.24, 2.45) is 0 Å². The van der Waals surface area contributed by atoms with Gasteiger partial charge in [0.15, 0.2) is 6.04 Å². The second-order valence-corrected chi connectivity index (χ2v) is 6.10. The Labute approximate surface area is 127 Å². The molecule has 0 saturated carbocycles. The first-order valence-electron chi connectivity index (χ1n) is 7.07. The Balaban J connectivity index is 1.98. The SMILES string of the molecule is CCCc1cc(N2CCc3sccc3C2C(=O)O)ncn1. The Hall–Kier alpha value is -1.95. The summed E-state index contributed by atoms with van der Waals surface area (Å²) in [5, 5.41) is 11.6. The van der Waals surface area contributed by atoms with Crippen molar-refractivity contribution < 1.29 is 9.90 Å². The van der Waals surface area contributed by atoms with E-state index < -0.39 is 12.0 Å². The molecule has 1 atom stereocenters. The maximum Gasteiger partial charge on any atom is 0.331 e. The van der Waals surface area contributed by atoms with E-state index in [-0.39, 0.29) is 0 Å². The topological polar surface area (TPSA) is 66.3 Å². The van der Waals surface area contributed by atoms with Gasteiger partial charge < -0.3 is 10.0 Å². The lowest BCUT2D eigenvalue weighted by Gasteiger charge is -2.34. The lowest BCUT2D eigenvalue weighted by Crippen LogP contribution is -2.39. The van der Waals surface area contributed by atoms with Crippen molar-refractivity contribution in [3.05, 3.63) is 40.0 Å². The lowest BCUT2D eigenvalue weighted by atomic mass is 10.00. The fraction of sp³-hybridized carbons (Fsp3) is 0.400. The molecule has 0 aliphatic carbocycles. The molecule has 1 unspecified atom stereocenters. The highest BCUT2D eigenvalue weighted by Crippen LogP contribution is 2.35. The Morgan fingerprint density at radius 2 is 2.38 bits per heavy atom. The lowest BCUT2D eigenvalue weighted by molar-refractivity contribution is -0.138. The number of aliphatic carboxylic acids is 1. The highest BCUT2D eigenvalue weighted by Gasteiger charge is 2.34. The second kappa shape index (κ2) is 5.81. The number of thiophene rings is 1. The minimum absolute atomic E-state index is 0.649. The molecule has 1 aliphatic rings. The third kappa shape index (κ3) is 2.63. The average Bonchev–Trinajstić information content (AvgIpc) is 2.95. The minimum Gasteiger partial charge on any atom is -0.479 e. The molecule has 3 heterocycles. The second-order valence-electron chi connectivity index (χ2n) is 5.10. The summed E-state index contributed by atoms with van der Waals surface area (Å²) in [6, 6.07) is 3.18. The first-order valence-corrected chi connectivity index (χ1v) is 7.95. The summed E-state index contributed by atoms with van der Waals surface area (Å²) >= 11 is 1.63. The molecule has 6 heteroatoms. The standard InChI is InChI=1S/C15H17N3O2S/c1-2-3-10-8-13(17-9-16-10)18-6-4-12-11(5-7-21-12)14(18)15(19)20/h5,7-9,14H,2-4,6H2,1H3,(H,19,20). The Morgan fingerprint density at radius 1 is 1.52 bits per heavy atom. The van der Waals surface area contributed by atoms with Crippen LogP contribution in [0.1, 0.15) is 35.5 Å². The van der Waals surface area contributed by atoms with Gasteiger partial charge in [-0.1, -0.05) is 13.3 Å². The van der Waals surface area contributed by atoms with Crippen molar-refractivity contribution >= 4 is 23.1 Å². The first kappa shape index (κ1) is 14.0. The zero-order chi connectivity index (χ0) is 14.8. The number of carboxylic acid groups (broad SMARTS) is 1. The first-order chi connectivity index (χ1) is 10.2. The average molecular weight is 303 g/mol. The number of anilines is 1. The number of carbonyl (C=O) groups is 1. The number of hydrogen-bond donors (Lipinski definition) is 1. The largest absolute Gasteiger partial charge is 0.479 e. The van der Waals surface area contributed by atoms with Gasteiger partial charge in [-0.2, -0.15) is 0 Å². The quantitative estimate of drug-likeness (QED) is 0.940. The molecule has 0 radical (unpaired) electrons. The molecule has 0 amide bonds. The number of rotatable bonds is 4. The number of carboxylic acids is 1. The van der Waals surface area contributed by atoms with Crippen LogP contribution in [0.15, 0.2) is 23.8 Å². The van der Waals surface area contributed by atoms with Gasteiger partial charge in [-0.25, -0.2) is 14.8 Å². The van der Waals surface area contributed by atoms with Gasteiger partial charge in [-0.05, 0) is 29.9 Å². The zero-order valence-corrected chi connectivity index (χ0v) is 12.6. The van der Waals surface area contributed by atoms with Crippen LogP contribution in [0.3, 0.4) is 0 Å². The predicted molar refractivity (Wildman–Crippen MR) is 81.8 cm³/mol. The Kier molecular flexibility index (Phi) is 3.88. The van der Waals surface area contributed by atoms with E-state index in [1.165, 1.54) is 11.2 Å². The van der Waals surface area contributed by atoms with Crippen molar-refractivity contribution in [1.82, 2.24) is 9.97 Å². The fourth-order valence-electron chi connectivity index (χ4n) is 2.77. The van der Waals surface area contributed by atoms with Crippen molar-refractivity contribution in [2.75, 3.05) is 11.4 Å². The predicted octanol–water partition coefficient (Wildman–Crippen LogP) is 2.68. The van der Waals surface area contributed by atoms with Gasteiger partial charge in [0.2, 0.25) is 0 Å². The van der Waals surface area contributed by atoms with Crippen molar-refractivity contribution in [2.45, 2.75) is 32.2 Å². The summed E-state index contributed by atoms with van der Waals surface area (Å²) in [5.41, 5.74) is 1.86. The van der Waals surface area contributed by atoms with Crippen LogP contribution in [0, 0.1) is 0 Å². The smallest absolute Gasteiger partial charge is 0.331 e. The van der Waals surface area contributed by atoms with E-state index in [9.17, 15) is 9.90 Å². The number of nitrogens with zero attached hydrogens (tertiary/aromatic N) is 3. The third-order valence-corrected chi connectivity index (χ3v) is 4.71. The summed E-state index contributed by atoms with van der Waals surface area (Å²) in [4.78, 5) is 23.3. The van der Waals surface area contributed by atoms with Gasteiger partial charge in [0.05, 0.1) is 0 Å². The summed E-state index contributed by atoms with van der Waals surface area (Å²) in [7, 11) is 0. The summed E-state index contributed by atoms with van der Waals surface area (Å²) < 4.78 is 0. The van der Waals surface area contributed by atoms with Gasteiger partial charge >= 0.3 is 5.97 Å². The molecule has 0 spiro atoms. The molecule has 110 valence electrons. The van der Waals surface area contributed by atoms with Gasteiger partial charge in [-0.3, -0.25) is 0 Å². The Morgan fingerprint density at radius 3 is 3.14 bits per heavy atom. The zero-order valence-electron chi connectivity index (χ0n) is 11.8. The van der Waals surface area contributed by atoms with E-state index in [4.69, 9.17) is 0 Å². The maximum atomic E-state index is 11.7. The summed E-state index contributed by atoms with van der Waals surface area (Å²) in [5.74, 6) is -0.122. The summed E-state index contributed by atoms with van der Waals surface area (Å²) in [6.45, 7) is 2.77. The van der Waals surface area contributed by atoms with E-state index in [0.717, 1.165) is 30.5 Å². The van der Waals surface area contributed by atoms with Gasteiger partial charge in [0.25, 0.3) is 0 Å². The van der Waals surface area contributed by atoms with Crippen molar-refractivity contribution in [3.8, 4) is 0 Å². The van der Waals surface area contributed by atoms with Crippen LogP contribution < -0.4 is 4.90 Å². The molecule has 1 aliphatic heterocycles. The minimum atomic E-state index is -0.829. The molecular formula is C15H17N3O2S. The van der Waals surface area contributed by atoms with E-state index in [1.54, 1.807) is 11.3 Å². The van der Waals surface area contributed by atoms with Crippen molar-refractivity contribution in [3.63, 3.8) is 0 Å². The maximum absolute atomic E-state index is 11.7. The molecule has 3 rings (SSSR count). The van der Waals surface area contributed by atoms with E-state index >= 15 is 0 Å². The van der Waals surface area contributed by atoms with Crippen LogP contribution in [0.25, 0.3) is 0 Å². The molecule has 0 bridgehead atoms. The molecule has 21 heavy (non-hydrogen) atoms. The monoisotopic (exact) mass is 303 g/mol. The van der Waals surface area contributed by atoms with Crippen LogP contribution in [0.2, 0.25) is 0 Å². The third-order valence-electron chi connectivity index (χ3n) is 3.71. The van der Waals surface area contributed by atoms with E-state index in [2.05, 4.69) is 16.9 Å². The number of aryl methyl sites for hydroxylation is 1. The number of aromatic nitrogens is 2. The fourth-order valence-corrected chi connectivity index (χ4v) is 3.67. The molecule has 0 fully saturated rings. The van der Waals surface area contributed by atoms with Crippen LogP contribution in [-0.2, 0) is 17.6 Å². The van der Waals surface area contributed by atoms with Crippen LogP contribution in [0.5, 0.6) is 0 Å². The van der Waals surface area contributed by atoms with Gasteiger partial charge in [0, 0.05) is 23.2 Å². The molecular weight excluding hydrogens is 286 g/mol. The van der Waals surface area contributed by atoms with Crippen LogP contribution in [-0.4, -0.2) is 27.6 Å². The van der Waals surface area contributed by atoms with Crippen LogP contribution in [0.4, 0.5) is 5.82 Å². The summed E-state index contributed by atoms with van der Waals surface area (Å²) in [6.07, 6.45) is 4.28. The molecule has 2 aromatic rings. The molecule has 0 aromatic carbocycles. The van der Waals surface area contributed by atoms with Gasteiger partial charge in [-0.15, -0.1) is 11.3 Å². The van der Waals surface area contributed by atoms with E-state index in [0.29, 0.717) is 12.4 Å². The van der Waals surface area contributed by atoms with Crippen LogP contribution >= 0.6 is 11.3 Å². The highest BCUT2D eigenvalue weighted by atomic mass is 32.1. The normalized spacial score (nSPS) is 17.6. The Bertz CT molecular complexity index is 656. The molecule has 1 N–H and O–H groups in total. The van der Waals surface area contributed by atoms with E-state index in [1.807, 2.05) is 22.4 Å². The number of fused-ring (bicyclic) bond motifs is 1. The number of hydrogen-bond acceptors (Lipinski definition) is 5.